The van der Waals surface area contributed by atoms with Gasteiger partial charge in [0.2, 0.25) is 4.38 Å². The number of ether oxygens (including phenoxy) is 1. The van der Waals surface area contributed by atoms with E-state index in [1.807, 2.05) is 32.9 Å². The van der Waals surface area contributed by atoms with Crippen molar-refractivity contribution >= 4 is 34.3 Å². The highest BCUT2D eigenvalue weighted by molar-refractivity contribution is 8.22. The van der Waals surface area contributed by atoms with Gasteiger partial charge in [-0.15, -0.1) is 0 Å². The molecular weight excluding hydrogens is 268 g/mol. The maximum absolute atomic E-state index is 10.5. The number of thioether (sulfide) groups is 1. The number of benzene rings is 1. The standard InChI is InChI=1S/C11H12O3S2.C2H6/c1-2-14-11(15)16-9-5-3-8(4-6-9)7-10(12)13;1-2/h3-6H,2,7H2,1H3,(H,12,13);1-2H3. The van der Waals surface area contributed by atoms with Crippen LogP contribution in [-0.2, 0) is 16.0 Å². The minimum atomic E-state index is -0.828. The predicted molar refractivity (Wildman–Crippen MR) is 79.2 cm³/mol. The summed E-state index contributed by atoms with van der Waals surface area (Å²) in [6.07, 6.45) is 0.0425. The molecular formula is C13H18O3S2. The fraction of sp³-hybridized carbons (Fsp3) is 0.385. The van der Waals surface area contributed by atoms with Gasteiger partial charge in [-0.05, 0) is 48.6 Å². The molecule has 0 amide bonds. The summed E-state index contributed by atoms with van der Waals surface area (Å²) in [6.45, 7) is 6.44. The van der Waals surface area contributed by atoms with Crippen LogP contribution >= 0.6 is 24.0 Å². The summed E-state index contributed by atoms with van der Waals surface area (Å²) in [7, 11) is 0. The second kappa shape index (κ2) is 9.91. The molecule has 0 bridgehead atoms. The van der Waals surface area contributed by atoms with Gasteiger partial charge in [-0.1, -0.05) is 26.0 Å². The molecule has 0 aliphatic heterocycles. The highest BCUT2D eigenvalue weighted by Crippen LogP contribution is 2.21. The lowest BCUT2D eigenvalue weighted by Crippen LogP contribution is -1.99. The Kier molecular flexibility index (Phi) is 9.32. The first-order valence-corrected chi connectivity index (χ1v) is 6.99. The van der Waals surface area contributed by atoms with Gasteiger partial charge in [0, 0.05) is 4.90 Å². The van der Waals surface area contributed by atoms with Crippen LogP contribution in [0.1, 0.15) is 26.3 Å². The van der Waals surface area contributed by atoms with Crippen LogP contribution in [0, 0.1) is 0 Å². The van der Waals surface area contributed by atoms with Crippen molar-refractivity contribution in [3.63, 3.8) is 0 Å². The van der Waals surface area contributed by atoms with Gasteiger partial charge in [-0.25, -0.2) is 0 Å². The number of thiocarbonyl (C=S) groups is 1. The van der Waals surface area contributed by atoms with Crippen LogP contribution in [0.4, 0.5) is 0 Å². The van der Waals surface area contributed by atoms with E-state index in [-0.39, 0.29) is 6.42 Å². The summed E-state index contributed by atoms with van der Waals surface area (Å²) in [5.41, 5.74) is 0.777. The highest BCUT2D eigenvalue weighted by Gasteiger charge is 2.03. The van der Waals surface area contributed by atoms with Crippen molar-refractivity contribution < 1.29 is 14.6 Å². The topological polar surface area (TPSA) is 46.5 Å². The molecule has 1 aromatic rings. The van der Waals surface area contributed by atoms with Gasteiger partial charge in [-0.2, -0.15) is 0 Å². The van der Waals surface area contributed by atoms with E-state index in [0.29, 0.717) is 11.0 Å². The molecule has 0 aromatic heterocycles. The largest absolute Gasteiger partial charge is 0.481 e. The van der Waals surface area contributed by atoms with Crippen LogP contribution in [0.3, 0.4) is 0 Å². The Morgan fingerprint density at radius 1 is 1.33 bits per heavy atom. The predicted octanol–water partition coefficient (Wildman–Crippen LogP) is 3.75. The molecule has 0 radical (unpaired) electrons. The smallest absolute Gasteiger partial charge is 0.307 e. The maximum Gasteiger partial charge on any atom is 0.307 e. The molecule has 1 N–H and O–H groups in total. The first kappa shape index (κ1) is 16.9. The van der Waals surface area contributed by atoms with Crippen molar-refractivity contribution in [1.82, 2.24) is 0 Å². The molecule has 100 valence electrons. The van der Waals surface area contributed by atoms with Crippen molar-refractivity contribution in [3.05, 3.63) is 29.8 Å². The molecule has 1 aromatic carbocycles. The van der Waals surface area contributed by atoms with E-state index in [2.05, 4.69) is 0 Å². The van der Waals surface area contributed by atoms with Crippen molar-refractivity contribution in [2.24, 2.45) is 0 Å². The lowest BCUT2D eigenvalue weighted by atomic mass is 10.2. The second-order valence-electron chi connectivity index (χ2n) is 3.00. The number of carbonyl (C=O) groups is 1. The Hall–Kier alpha value is -1.07. The number of hydrogen-bond donors (Lipinski definition) is 1. The molecule has 0 heterocycles. The summed E-state index contributed by atoms with van der Waals surface area (Å²) in [5.74, 6) is -0.828. The van der Waals surface area contributed by atoms with Gasteiger partial charge >= 0.3 is 5.97 Å². The minimum Gasteiger partial charge on any atom is -0.481 e. The van der Waals surface area contributed by atoms with E-state index < -0.39 is 5.97 Å². The first-order chi connectivity index (χ1) is 8.61. The minimum absolute atomic E-state index is 0.0425. The number of rotatable bonds is 4. The van der Waals surface area contributed by atoms with Crippen molar-refractivity contribution in [2.45, 2.75) is 32.1 Å². The van der Waals surface area contributed by atoms with Crippen LogP contribution in [-0.4, -0.2) is 22.1 Å². The Bertz CT molecular complexity index is 374. The third-order valence-electron chi connectivity index (χ3n) is 1.74. The lowest BCUT2D eigenvalue weighted by Gasteiger charge is -2.04. The third kappa shape index (κ3) is 7.29. The van der Waals surface area contributed by atoms with Crippen molar-refractivity contribution in [3.8, 4) is 0 Å². The Morgan fingerprint density at radius 3 is 2.33 bits per heavy atom. The zero-order chi connectivity index (χ0) is 14.0. The molecule has 5 heteroatoms. The van der Waals surface area contributed by atoms with Crippen LogP contribution in [0.5, 0.6) is 0 Å². The van der Waals surface area contributed by atoms with Crippen molar-refractivity contribution in [2.75, 3.05) is 6.61 Å². The molecule has 0 fully saturated rings. The summed E-state index contributed by atoms with van der Waals surface area (Å²) >= 11 is 6.34. The van der Waals surface area contributed by atoms with E-state index in [1.54, 1.807) is 12.1 Å². The van der Waals surface area contributed by atoms with Crippen LogP contribution in [0.25, 0.3) is 0 Å². The Balaban J connectivity index is 0.00000137. The van der Waals surface area contributed by atoms with Gasteiger partial charge in [0.1, 0.15) is 0 Å². The zero-order valence-electron chi connectivity index (χ0n) is 10.8. The number of aliphatic carboxylic acids is 1. The molecule has 0 spiro atoms. The average Bonchev–Trinajstić information content (AvgIpc) is 2.34. The van der Waals surface area contributed by atoms with Gasteiger partial charge < -0.3 is 9.84 Å². The Labute approximate surface area is 118 Å². The molecule has 0 atom stereocenters. The number of hydrogen-bond acceptors (Lipinski definition) is 4. The number of carboxylic acid groups (broad SMARTS) is 1. The fourth-order valence-electron chi connectivity index (χ4n) is 1.09. The van der Waals surface area contributed by atoms with Gasteiger partial charge in [0.15, 0.2) is 0 Å². The third-order valence-corrected chi connectivity index (χ3v) is 2.90. The number of carboxylic acids is 1. The van der Waals surface area contributed by atoms with E-state index in [4.69, 9.17) is 22.1 Å². The normalized spacial score (nSPS) is 9.06. The zero-order valence-corrected chi connectivity index (χ0v) is 12.4. The molecule has 0 unspecified atom stereocenters. The summed E-state index contributed by atoms with van der Waals surface area (Å²) in [5, 5.41) is 8.61. The monoisotopic (exact) mass is 286 g/mol. The van der Waals surface area contributed by atoms with Crippen LogP contribution < -0.4 is 0 Å². The van der Waals surface area contributed by atoms with Gasteiger partial charge in [0.25, 0.3) is 0 Å². The SMILES string of the molecule is CC.CCOC(=S)Sc1ccc(CC(=O)O)cc1. The van der Waals surface area contributed by atoms with Crippen LogP contribution in [0.2, 0.25) is 0 Å². The van der Waals surface area contributed by atoms with E-state index in [0.717, 1.165) is 10.5 Å². The Morgan fingerprint density at radius 2 is 1.89 bits per heavy atom. The molecule has 0 aliphatic carbocycles. The summed E-state index contributed by atoms with van der Waals surface area (Å²) in [6, 6.07) is 7.25. The van der Waals surface area contributed by atoms with E-state index in [1.165, 1.54) is 11.8 Å². The fourth-order valence-corrected chi connectivity index (χ4v) is 2.14. The molecule has 0 saturated carbocycles. The van der Waals surface area contributed by atoms with Gasteiger partial charge in [-0.3, -0.25) is 4.79 Å². The second-order valence-corrected chi connectivity index (χ2v) is 4.68. The maximum atomic E-state index is 10.5. The lowest BCUT2D eigenvalue weighted by molar-refractivity contribution is -0.136. The molecule has 3 nitrogen and oxygen atoms in total. The summed E-state index contributed by atoms with van der Waals surface area (Å²) < 4.78 is 5.62. The molecule has 18 heavy (non-hydrogen) atoms. The molecule has 0 aliphatic rings. The van der Waals surface area contributed by atoms with E-state index in [9.17, 15) is 4.79 Å². The van der Waals surface area contributed by atoms with E-state index >= 15 is 0 Å². The van der Waals surface area contributed by atoms with Crippen molar-refractivity contribution in [1.29, 1.82) is 0 Å². The average molecular weight is 286 g/mol. The molecule has 0 saturated heterocycles. The quantitative estimate of drug-likeness (QED) is 0.674. The van der Waals surface area contributed by atoms with Gasteiger partial charge in [0.05, 0.1) is 13.0 Å². The molecule has 1 rings (SSSR count). The van der Waals surface area contributed by atoms with Crippen LogP contribution in [0.15, 0.2) is 29.2 Å². The summed E-state index contributed by atoms with van der Waals surface area (Å²) in [4.78, 5) is 11.4. The first-order valence-electron chi connectivity index (χ1n) is 5.77. The highest BCUT2D eigenvalue weighted by atomic mass is 32.2.